The van der Waals surface area contributed by atoms with E-state index in [1.165, 1.54) is 175 Å². The maximum absolute atomic E-state index is 6.11. The first-order valence-electron chi connectivity index (χ1n) is 47.2. The lowest BCUT2D eigenvalue weighted by molar-refractivity contribution is 0.132. The molecule has 5 aromatic heterocycles. The van der Waals surface area contributed by atoms with Gasteiger partial charge >= 0.3 is 0 Å². The predicted molar refractivity (Wildman–Crippen MR) is 521 cm³/mol. The summed E-state index contributed by atoms with van der Waals surface area (Å²) in [7, 11) is 0. The lowest BCUT2D eigenvalue weighted by Crippen LogP contribution is -2.56. The number of hydrogen-bond acceptors (Lipinski definition) is 11. The van der Waals surface area contributed by atoms with Crippen molar-refractivity contribution >= 4 is 138 Å². The van der Waals surface area contributed by atoms with Gasteiger partial charge in [-0.3, -0.25) is 4.90 Å². The summed E-state index contributed by atoms with van der Waals surface area (Å²) in [6.45, 7) is 60.2. The average molecular weight is 1650 g/mol. The van der Waals surface area contributed by atoms with Gasteiger partial charge in [0.05, 0.1) is 11.7 Å². The molecule has 4 saturated carbocycles. The molecule has 6 aliphatic heterocycles. The van der Waals surface area contributed by atoms with Crippen LogP contribution in [-0.2, 0) is 0 Å². The quantitative estimate of drug-likeness (QED) is 0.165. The minimum atomic E-state index is 0.194. The van der Waals surface area contributed by atoms with Crippen molar-refractivity contribution in [2.24, 2.45) is 50.7 Å². The third kappa shape index (κ3) is 11.2. The largest absolute Gasteiger partial charge is 0.456 e. The molecule has 124 heavy (non-hydrogen) atoms. The van der Waals surface area contributed by atoms with E-state index >= 15 is 0 Å². The van der Waals surface area contributed by atoms with Crippen LogP contribution in [0.1, 0.15) is 211 Å². The maximum atomic E-state index is 6.11. The monoisotopic (exact) mass is 1650 g/mol. The lowest BCUT2D eigenvalue weighted by atomic mass is 9.65. The SMILES string of the molecule is Cc1cc2oc3ccccc3c2cc1N1C(C)C2(C)CC1(C)C(C)C2C.Cc1cc2oc3ccccc3c2cc1N1C(C)C2(C)CC1(C)CC2C.Cc1cc2oc3ccccc3c2cc1N1C(C)C2(C)CCC1(C)C2(C)C.Cc1cc2oc3ccccc3c2cc1N1C(C)C2CCC1C2(C)C.Cc1cc2oc3ccccc3c2cc1N1C(C)N2CCC1(C)C2. The minimum Gasteiger partial charge on any atom is -0.456 e. The number of piperidine rings is 4. The average Bonchev–Trinajstić information content (AvgIpc) is 1.52. The van der Waals surface area contributed by atoms with Crippen molar-refractivity contribution in [2.75, 3.05) is 37.6 Å². The van der Waals surface area contributed by atoms with E-state index < -0.39 is 0 Å². The number of benzene rings is 10. The Hall–Kier alpha value is -9.84. The Morgan fingerprint density at radius 3 is 1.08 bits per heavy atom. The zero-order chi connectivity index (χ0) is 86.9. The van der Waals surface area contributed by atoms with Crippen LogP contribution in [0.4, 0.5) is 28.4 Å². The summed E-state index contributed by atoms with van der Waals surface area (Å²) in [5.74, 6) is 3.05. The Morgan fingerprint density at radius 2 is 0.718 bits per heavy atom. The van der Waals surface area contributed by atoms with Gasteiger partial charge in [0, 0.05) is 142 Å². The molecule has 25 rings (SSSR count). The Bertz CT molecular complexity index is 6840. The molecule has 18 atom stereocenters. The molecular weight excluding hydrogens is 1520 g/mol. The second kappa shape index (κ2) is 27.6. The number of para-hydroxylation sites is 5. The Labute approximate surface area is 734 Å². The molecular formula is C113H132N6O5. The fourth-order valence-corrected chi connectivity index (χ4v) is 29.1. The Balaban J connectivity index is 0.0000000951. The zero-order valence-electron chi connectivity index (χ0n) is 78.4. The molecule has 11 heterocycles. The van der Waals surface area contributed by atoms with E-state index in [1.54, 1.807) is 0 Å². The summed E-state index contributed by atoms with van der Waals surface area (Å²) in [6.07, 6.45) is 10.9. The number of anilines is 5. The molecule has 10 aliphatic rings. The van der Waals surface area contributed by atoms with Crippen molar-refractivity contribution in [3.63, 3.8) is 0 Å². The van der Waals surface area contributed by atoms with Crippen molar-refractivity contribution < 1.29 is 22.1 Å². The molecule has 4 aliphatic carbocycles. The second-order valence-electron chi connectivity index (χ2n) is 43.9. The van der Waals surface area contributed by atoms with Crippen LogP contribution < -0.4 is 24.5 Å². The molecule has 10 fully saturated rings. The number of fused-ring (bicyclic) bond motifs is 25. The number of aryl methyl sites for hydroxylation is 5. The van der Waals surface area contributed by atoms with Gasteiger partial charge in [-0.1, -0.05) is 160 Å². The van der Waals surface area contributed by atoms with E-state index in [-0.39, 0.29) is 22.2 Å². The number of rotatable bonds is 5. The summed E-state index contributed by atoms with van der Waals surface area (Å²) in [6, 6.07) is 67.8. The van der Waals surface area contributed by atoms with E-state index in [4.69, 9.17) is 22.1 Å². The summed E-state index contributed by atoms with van der Waals surface area (Å²) in [5, 5.41) is 12.3. The van der Waals surface area contributed by atoms with Gasteiger partial charge in [0.1, 0.15) is 55.8 Å². The first kappa shape index (κ1) is 81.2. The highest BCUT2D eigenvalue weighted by atomic mass is 16.3. The molecule has 10 bridgehead atoms. The normalized spacial score (nSPS) is 32.5. The van der Waals surface area contributed by atoms with Gasteiger partial charge in [-0.2, -0.15) is 0 Å². The van der Waals surface area contributed by atoms with Crippen LogP contribution in [0.25, 0.3) is 110 Å². The third-order valence-electron chi connectivity index (χ3n) is 37.4. The van der Waals surface area contributed by atoms with Crippen LogP contribution in [0.5, 0.6) is 0 Å². The Morgan fingerprint density at radius 1 is 0.339 bits per heavy atom. The number of nitrogens with zero attached hydrogens (tertiary/aromatic N) is 6. The van der Waals surface area contributed by atoms with E-state index in [2.05, 4.69) is 347 Å². The van der Waals surface area contributed by atoms with E-state index in [1.807, 2.05) is 30.3 Å². The molecule has 18 unspecified atom stereocenters. The van der Waals surface area contributed by atoms with Crippen LogP contribution >= 0.6 is 0 Å². The van der Waals surface area contributed by atoms with Crippen molar-refractivity contribution in [3.05, 3.63) is 210 Å². The smallest absolute Gasteiger partial charge is 0.135 e. The highest BCUT2D eigenvalue weighted by Crippen LogP contribution is 2.71. The van der Waals surface area contributed by atoms with Gasteiger partial charge in [-0.15, -0.1) is 0 Å². The van der Waals surface area contributed by atoms with Gasteiger partial charge in [0.15, 0.2) is 0 Å². The molecule has 11 nitrogen and oxygen atoms in total. The zero-order valence-corrected chi connectivity index (χ0v) is 78.4. The lowest BCUT2D eigenvalue weighted by Gasteiger charge is -2.51. The predicted octanol–water partition coefficient (Wildman–Crippen LogP) is 30.0. The van der Waals surface area contributed by atoms with Crippen LogP contribution in [-0.4, -0.2) is 76.5 Å². The van der Waals surface area contributed by atoms with Gasteiger partial charge < -0.3 is 46.6 Å². The fourth-order valence-electron chi connectivity index (χ4n) is 29.1. The highest BCUT2D eigenvalue weighted by molar-refractivity contribution is 6.11. The van der Waals surface area contributed by atoms with Gasteiger partial charge in [0.25, 0.3) is 0 Å². The number of furan rings is 5. The topological polar surface area (TPSA) is 85.1 Å². The van der Waals surface area contributed by atoms with E-state index in [0.29, 0.717) is 69.4 Å². The van der Waals surface area contributed by atoms with Crippen LogP contribution in [0, 0.1) is 85.4 Å². The summed E-state index contributed by atoms with van der Waals surface area (Å²) in [4.78, 5) is 16.2. The Kier molecular flexibility index (Phi) is 18.1. The third-order valence-corrected chi connectivity index (χ3v) is 37.4. The molecule has 0 amide bonds. The first-order valence-corrected chi connectivity index (χ1v) is 47.2. The van der Waals surface area contributed by atoms with E-state index in [9.17, 15) is 0 Å². The molecule has 10 aromatic carbocycles. The van der Waals surface area contributed by atoms with Crippen molar-refractivity contribution in [3.8, 4) is 0 Å². The van der Waals surface area contributed by atoms with Crippen LogP contribution in [0.3, 0.4) is 0 Å². The van der Waals surface area contributed by atoms with E-state index in [0.717, 1.165) is 73.6 Å². The summed E-state index contributed by atoms with van der Waals surface area (Å²) < 4.78 is 30.4. The highest BCUT2D eigenvalue weighted by Gasteiger charge is 2.71. The standard InChI is InChI=1S/2C24H29NO.C23H27NO.C22H25NO.C20H22N2O/c1-14-11-22-19(18-9-7-8-10-21(18)26-22)12-20(14)25-17(4)23(5)13-24(25,6)16(3)15(23)2;1-15-13-21-18(17-9-7-8-10-20(17)26-21)14-19(15)25-16(2)23(5)11-12-24(25,6)22(23,3)4;1-14-10-21-18(17-8-6-7-9-20(17)25-21)11-19(14)24-16(3)23(5)13-22(24,4)12-15(23)2;1-13-11-20-16(15-7-5-6-8-19(15)24-20)12-18(13)23-14(2)17-9-10-21(23)22(17,3)4;1-13-10-19-16(15-6-4-5-7-18(15)23-19)11-17(13)22-14(2)21-9-8-20(22,3)12-21/h7-12,15-17H,13H2,1-6H3;7-10,13-14,16H,11-12H2,1-6H3;6-11,15-16H,12-13H2,1-5H3;5-8,11-12,14,17,21H,9-10H2,1-4H3;4-7,10-11,14H,8-9,12H2,1-3H3. The first-order chi connectivity index (χ1) is 58.9. The van der Waals surface area contributed by atoms with Crippen molar-refractivity contribution in [1.29, 1.82) is 0 Å². The molecule has 0 spiro atoms. The van der Waals surface area contributed by atoms with Crippen LogP contribution in [0.2, 0.25) is 0 Å². The fraction of sp³-hybridized carbons (Fsp3) is 0.469. The number of hydrogen-bond donors (Lipinski definition) is 0. The molecule has 644 valence electrons. The summed E-state index contributed by atoms with van der Waals surface area (Å²) in [5.41, 5.74) is 26.2. The van der Waals surface area contributed by atoms with Gasteiger partial charge in [-0.05, 0) is 318 Å². The van der Waals surface area contributed by atoms with Gasteiger partial charge in [-0.25, -0.2) is 0 Å². The molecule has 0 N–H and O–H groups in total. The molecule has 15 aromatic rings. The molecule has 6 saturated heterocycles. The maximum Gasteiger partial charge on any atom is 0.135 e. The molecule has 11 heteroatoms. The second-order valence-corrected chi connectivity index (χ2v) is 43.9. The van der Waals surface area contributed by atoms with Gasteiger partial charge in [0.2, 0.25) is 0 Å². The van der Waals surface area contributed by atoms with Crippen LogP contribution in [0.15, 0.2) is 204 Å². The van der Waals surface area contributed by atoms with Crippen molar-refractivity contribution in [1.82, 2.24) is 4.90 Å². The molecule has 0 radical (unpaired) electrons. The minimum absolute atomic E-state index is 0.194. The summed E-state index contributed by atoms with van der Waals surface area (Å²) >= 11 is 0. The van der Waals surface area contributed by atoms with Crippen molar-refractivity contribution in [2.45, 2.75) is 276 Å².